The summed E-state index contributed by atoms with van der Waals surface area (Å²) in [7, 11) is 0. The van der Waals surface area contributed by atoms with E-state index in [1.165, 1.54) is 0 Å². The number of nitrogens with zero attached hydrogens (tertiary/aromatic N) is 2. The number of halogens is 10. The Morgan fingerprint density at radius 3 is 1.84 bits per heavy atom. The molecule has 1 heterocycles. The number of hydrogen-bond donors (Lipinski definition) is 1. The first kappa shape index (κ1) is 17.4. The molecule has 0 bridgehead atoms. The van der Waals surface area contributed by atoms with Crippen LogP contribution in [0.15, 0.2) is 5.10 Å². The van der Waals surface area contributed by atoms with Crippen LogP contribution in [0.3, 0.4) is 0 Å². The van der Waals surface area contributed by atoms with Crippen molar-refractivity contribution in [3.8, 4) is 0 Å². The van der Waals surface area contributed by atoms with Crippen LogP contribution >= 0.6 is 58.0 Å². The Bertz CT molecular complexity index is 390. The lowest BCUT2D eigenvalue weighted by atomic mass is 10.2. The van der Waals surface area contributed by atoms with Gasteiger partial charge >= 0.3 is 12.1 Å². The molecule has 0 amide bonds. The van der Waals surface area contributed by atoms with E-state index in [0.717, 1.165) is 0 Å². The number of rotatable bonds is 2. The molecule has 0 aromatic heterocycles. The Hall–Kier alpha value is 0.370. The zero-order valence-corrected chi connectivity index (χ0v) is 12.2. The third-order valence-electron chi connectivity index (χ3n) is 1.99. The Balaban J connectivity index is 3.18. The molecule has 0 aliphatic carbocycles. The molecule has 19 heavy (non-hydrogen) atoms. The molecule has 1 aliphatic heterocycles. The first-order chi connectivity index (χ1) is 8.23. The van der Waals surface area contributed by atoms with Gasteiger partial charge in [-0.15, -0.1) is 0 Å². The van der Waals surface area contributed by atoms with E-state index in [2.05, 4.69) is 5.10 Å². The van der Waals surface area contributed by atoms with Gasteiger partial charge in [0.15, 0.2) is 0 Å². The lowest BCUT2D eigenvalue weighted by Crippen LogP contribution is -2.58. The van der Waals surface area contributed by atoms with Crippen LogP contribution in [-0.4, -0.2) is 37.8 Å². The van der Waals surface area contributed by atoms with E-state index in [4.69, 9.17) is 58.0 Å². The maximum Gasteiger partial charge on any atom is 0.461 e. The third kappa shape index (κ3) is 3.02. The van der Waals surface area contributed by atoms with E-state index in [9.17, 15) is 22.0 Å². The molecule has 13 heteroatoms. The van der Waals surface area contributed by atoms with Crippen molar-refractivity contribution in [3.63, 3.8) is 0 Å². The summed E-state index contributed by atoms with van der Waals surface area (Å²) in [5.74, 6) is -7.11. The molecule has 112 valence electrons. The smallest absolute Gasteiger partial charge is 0.299 e. The fourth-order valence-electron chi connectivity index (χ4n) is 1.07. The van der Waals surface area contributed by atoms with Crippen molar-refractivity contribution in [1.29, 1.82) is 0 Å². The molecule has 1 N–H and O–H groups in total. The zero-order chi connectivity index (χ0) is 15.3. The molecular formula is C6H3Cl5F5N3. The first-order valence-electron chi connectivity index (χ1n) is 4.20. The Kier molecular flexibility index (Phi) is 4.56. The van der Waals surface area contributed by atoms with Gasteiger partial charge in [0.1, 0.15) is 6.67 Å². The quantitative estimate of drug-likeness (QED) is 0.441. The first-order valence-corrected chi connectivity index (χ1v) is 6.09. The predicted octanol–water partition coefficient (Wildman–Crippen LogP) is 3.86. The third-order valence-corrected chi connectivity index (χ3v) is 4.36. The fourth-order valence-corrected chi connectivity index (χ4v) is 1.65. The van der Waals surface area contributed by atoms with Gasteiger partial charge in [0, 0.05) is 0 Å². The van der Waals surface area contributed by atoms with Crippen molar-refractivity contribution < 1.29 is 22.0 Å². The van der Waals surface area contributed by atoms with Crippen molar-refractivity contribution in [2.45, 2.75) is 20.3 Å². The van der Waals surface area contributed by atoms with Crippen LogP contribution in [0.25, 0.3) is 0 Å². The van der Waals surface area contributed by atoms with E-state index < -0.39 is 32.9 Å². The summed E-state index contributed by atoms with van der Waals surface area (Å²) in [6.07, 6.45) is -5.91. The lowest BCUT2D eigenvalue weighted by molar-refractivity contribution is -0.252. The summed E-state index contributed by atoms with van der Waals surface area (Å²) in [5, 5.41) is 2.81. The second-order valence-corrected chi connectivity index (χ2v) is 6.86. The minimum absolute atomic E-state index is 0.108. The van der Waals surface area contributed by atoms with Gasteiger partial charge in [0.2, 0.25) is 14.1 Å². The van der Waals surface area contributed by atoms with Gasteiger partial charge in [-0.2, -0.15) is 27.1 Å². The van der Waals surface area contributed by atoms with Gasteiger partial charge in [0.25, 0.3) is 0 Å². The van der Waals surface area contributed by atoms with Gasteiger partial charge < -0.3 is 0 Å². The highest BCUT2D eigenvalue weighted by Gasteiger charge is 2.67. The Morgan fingerprint density at radius 2 is 1.47 bits per heavy atom. The van der Waals surface area contributed by atoms with Crippen molar-refractivity contribution in [1.82, 2.24) is 10.3 Å². The molecule has 0 atom stereocenters. The van der Waals surface area contributed by atoms with Gasteiger partial charge in [-0.3, -0.25) is 10.3 Å². The monoisotopic (exact) mass is 387 g/mol. The van der Waals surface area contributed by atoms with Crippen LogP contribution in [0.1, 0.15) is 0 Å². The van der Waals surface area contributed by atoms with Crippen LogP contribution < -0.4 is 5.43 Å². The predicted molar refractivity (Wildman–Crippen MR) is 63.0 cm³/mol. The van der Waals surface area contributed by atoms with Gasteiger partial charge in [-0.1, -0.05) is 58.0 Å². The molecule has 0 saturated carbocycles. The van der Waals surface area contributed by atoms with E-state index in [1.807, 2.05) is 5.43 Å². The number of amidine groups is 1. The number of hydrazone groups is 1. The largest absolute Gasteiger partial charge is 0.461 e. The summed E-state index contributed by atoms with van der Waals surface area (Å²) in [6, 6.07) is 0. The van der Waals surface area contributed by atoms with Crippen LogP contribution in [0.4, 0.5) is 22.0 Å². The average Bonchev–Trinajstić information content (AvgIpc) is 2.62. The second kappa shape index (κ2) is 4.98. The number of nitrogens with one attached hydrogen (secondary N) is 1. The molecular weight excluding hydrogens is 386 g/mol. The maximum absolute atomic E-state index is 13.2. The molecule has 0 spiro atoms. The highest BCUT2D eigenvalue weighted by Crippen LogP contribution is 2.50. The van der Waals surface area contributed by atoms with Crippen molar-refractivity contribution in [2.24, 2.45) is 5.10 Å². The maximum atomic E-state index is 13.2. The van der Waals surface area contributed by atoms with Crippen molar-refractivity contribution in [2.75, 3.05) is 6.67 Å². The minimum Gasteiger partial charge on any atom is -0.299 e. The normalized spacial score (nSPS) is 18.4. The minimum atomic E-state index is -5.91. The molecule has 0 aromatic carbocycles. The molecule has 3 nitrogen and oxygen atoms in total. The second-order valence-electron chi connectivity index (χ2n) is 3.29. The molecule has 0 saturated heterocycles. The highest BCUT2D eigenvalue weighted by atomic mass is 35.6. The van der Waals surface area contributed by atoms with Crippen LogP contribution in [0, 0.1) is 0 Å². The van der Waals surface area contributed by atoms with E-state index >= 15 is 0 Å². The molecule has 1 rings (SSSR count). The van der Waals surface area contributed by atoms with Crippen molar-refractivity contribution in [3.05, 3.63) is 0 Å². The number of hydrogen-bond acceptors (Lipinski definition) is 3. The van der Waals surface area contributed by atoms with E-state index in [1.54, 1.807) is 0 Å². The molecule has 0 fully saturated rings. The van der Waals surface area contributed by atoms with Crippen LogP contribution in [-0.2, 0) is 0 Å². The van der Waals surface area contributed by atoms with E-state index in [0.29, 0.717) is 0 Å². The fraction of sp³-hybridized carbons (Fsp3) is 0.833. The summed E-state index contributed by atoms with van der Waals surface area (Å²) in [4.78, 5) is 0.108. The van der Waals surface area contributed by atoms with Crippen LogP contribution in [0.2, 0.25) is 0 Å². The van der Waals surface area contributed by atoms with Gasteiger partial charge in [-0.25, -0.2) is 0 Å². The Morgan fingerprint density at radius 1 is 1.00 bits per heavy atom. The summed E-state index contributed by atoms with van der Waals surface area (Å²) in [6.45, 7) is -0.693. The van der Waals surface area contributed by atoms with E-state index in [-0.39, 0.29) is 4.90 Å². The molecule has 0 aromatic rings. The SMILES string of the molecule is FC(F)(F)C(F)(F)C1=NNCN1C(Cl)(Cl)C(Cl)(Cl)Cl. The Labute approximate surface area is 128 Å². The van der Waals surface area contributed by atoms with Crippen molar-refractivity contribution >= 4 is 63.8 Å². The molecule has 0 unspecified atom stereocenters. The summed E-state index contributed by atoms with van der Waals surface area (Å²) >= 11 is 27.1. The molecule has 1 aliphatic rings. The topological polar surface area (TPSA) is 27.6 Å². The zero-order valence-electron chi connectivity index (χ0n) is 8.38. The average molecular weight is 389 g/mol. The van der Waals surface area contributed by atoms with Gasteiger partial charge in [-0.05, 0) is 0 Å². The standard InChI is InChI=1S/C6H3Cl5F5N3/c7-4(8,9)5(10,11)19-1-17-18-2(19)3(12,13)6(14,15)16/h17H,1H2. The van der Waals surface area contributed by atoms with Crippen LogP contribution in [0.5, 0.6) is 0 Å². The van der Waals surface area contributed by atoms with Gasteiger partial charge in [0.05, 0.1) is 0 Å². The summed E-state index contributed by atoms with van der Waals surface area (Å²) in [5.41, 5.74) is 1.87. The lowest BCUT2D eigenvalue weighted by Gasteiger charge is -2.38. The summed E-state index contributed by atoms with van der Waals surface area (Å²) < 4.78 is 58.0. The molecule has 0 radical (unpaired) electrons. The highest BCUT2D eigenvalue weighted by molar-refractivity contribution is 6.75. The number of alkyl halides is 10.